The standard InChI is InChI=1S/C14H16N2O/c17-14(13-4-2-1-3-5-13)11-16-10-12-6-8-15-9-7-12/h1-9,14,16-17H,10-11H2/t14-/m1/s1. The zero-order valence-corrected chi connectivity index (χ0v) is 9.58. The molecule has 0 saturated heterocycles. The number of aliphatic hydroxyl groups is 1. The zero-order chi connectivity index (χ0) is 11.9. The Balaban J connectivity index is 1.79. The highest BCUT2D eigenvalue weighted by molar-refractivity contribution is 5.17. The van der Waals surface area contributed by atoms with Crippen molar-refractivity contribution in [2.75, 3.05) is 6.54 Å². The summed E-state index contributed by atoms with van der Waals surface area (Å²) in [5, 5.41) is 13.1. The third kappa shape index (κ3) is 3.66. The SMILES string of the molecule is O[C@H](CNCc1ccncc1)c1ccccc1. The molecule has 1 heterocycles. The van der Waals surface area contributed by atoms with Crippen LogP contribution in [0, 0.1) is 0 Å². The van der Waals surface area contributed by atoms with Crippen LogP contribution in [0.1, 0.15) is 17.2 Å². The van der Waals surface area contributed by atoms with E-state index in [1.165, 1.54) is 5.56 Å². The number of hydrogen-bond acceptors (Lipinski definition) is 3. The van der Waals surface area contributed by atoms with Crippen molar-refractivity contribution >= 4 is 0 Å². The molecule has 0 saturated carbocycles. The molecule has 0 unspecified atom stereocenters. The topological polar surface area (TPSA) is 45.1 Å². The summed E-state index contributed by atoms with van der Waals surface area (Å²) in [6.07, 6.45) is 3.08. The number of nitrogens with one attached hydrogen (secondary N) is 1. The zero-order valence-electron chi connectivity index (χ0n) is 9.58. The van der Waals surface area contributed by atoms with Gasteiger partial charge in [0.05, 0.1) is 6.10 Å². The van der Waals surface area contributed by atoms with E-state index in [0.29, 0.717) is 6.54 Å². The molecular weight excluding hydrogens is 212 g/mol. The third-order valence-electron chi connectivity index (χ3n) is 2.60. The van der Waals surface area contributed by atoms with Gasteiger partial charge in [0.25, 0.3) is 0 Å². The van der Waals surface area contributed by atoms with E-state index in [0.717, 1.165) is 12.1 Å². The van der Waals surface area contributed by atoms with Gasteiger partial charge in [0.2, 0.25) is 0 Å². The Morgan fingerprint density at radius 2 is 1.76 bits per heavy atom. The molecule has 2 aromatic rings. The van der Waals surface area contributed by atoms with Crippen LogP contribution in [-0.4, -0.2) is 16.6 Å². The second-order valence-corrected chi connectivity index (χ2v) is 3.91. The molecule has 88 valence electrons. The summed E-state index contributed by atoms with van der Waals surface area (Å²) in [5.74, 6) is 0. The normalized spacial score (nSPS) is 12.3. The average Bonchev–Trinajstić information content (AvgIpc) is 2.41. The first-order valence-electron chi connectivity index (χ1n) is 5.69. The van der Waals surface area contributed by atoms with Crippen molar-refractivity contribution in [1.29, 1.82) is 0 Å². The van der Waals surface area contributed by atoms with Gasteiger partial charge < -0.3 is 10.4 Å². The highest BCUT2D eigenvalue weighted by Crippen LogP contribution is 2.10. The van der Waals surface area contributed by atoms with Crippen LogP contribution in [0.25, 0.3) is 0 Å². The van der Waals surface area contributed by atoms with Crippen molar-refractivity contribution in [1.82, 2.24) is 10.3 Å². The minimum Gasteiger partial charge on any atom is -0.387 e. The summed E-state index contributed by atoms with van der Waals surface area (Å²) in [4.78, 5) is 3.96. The largest absolute Gasteiger partial charge is 0.387 e. The van der Waals surface area contributed by atoms with Gasteiger partial charge in [-0.05, 0) is 23.3 Å². The molecule has 1 aromatic carbocycles. The molecule has 0 aliphatic heterocycles. The first kappa shape index (κ1) is 11.8. The lowest BCUT2D eigenvalue weighted by Gasteiger charge is -2.12. The molecule has 1 aromatic heterocycles. The van der Waals surface area contributed by atoms with E-state index in [1.54, 1.807) is 12.4 Å². The van der Waals surface area contributed by atoms with Gasteiger partial charge >= 0.3 is 0 Å². The number of nitrogens with zero attached hydrogens (tertiary/aromatic N) is 1. The minimum atomic E-state index is -0.460. The van der Waals surface area contributed by atoms with Crippen LogP contribution in [0.15, 0.2) is 54.9 Å². The van der Waals surface area contributed by atoms with Crippen LogP contribution >= 0.6 is 0 Å². The highest BCUT2D eigenvalue weighted by Gasteiger charge is 2.05. The monoisotopic (exact) mass is 228 g/mol. The molecule has 0 spiro atoms. The lowest BCUT2D eigenvalue weighted by Crippen LogP contribution is -2.20. The quantitative estimate of drug-likeness (QED) is 0.821. The fourth-order valence-electron chi connectivity index (χ4n) is 1.65. The van der Waals surface area contributed by atoms with Crippen LogP contribution in [0.5, 0.6) is 0 Å². The molecular formula is C14H16N2O. The molecule has 0 bridgehead atoms. The van der Waals surface area contributed by atoms with Crippen LogP contribution in [0.3, 0.4) is 0 Å². The Hall–Kier alpha value is -1.71. The van der Waals surface area contributed by atoms with Gasteiger partial charge in [-0.2, -0.15) is 0 Å². The summed E-state index contributed by atoms with van der Waals surface area (Å²) in [6, 6.07) is 13.6. The van der Waals surface area contributed by atoms with E-state index >= 15 is 0 Å². The maximum absolute atomic E-state index is 9.92. The smallest absolute Gasteiger partial charge is 0.0914 e. The maximum Gasteiger partial charge on any atom is 0.0914 e. The summed E-state index contributed by atoms with van der Waals surface area (Å²) >= 11 is 0. The van der Waals surface area contributed by atoms with Gasteiger partial charge in [-0.3, -0.25) is 4.98 Å². The molecule has 2 N–H and O–H groups in total. The molecule has 3 nitrogen and oxygen atoms in total. The molecule has 1 atom stereocenters. The molecule has 0 aliphatic carbocycles. The van der Waals surface area contributed by atoms with Gasteiger partial charge in [0.15, 0.2) is 0 Å². The summed E-state index contributed by atoms with van der Waals surface area (Å²) in [6.45, 7) is 1.29. The second kappa shape index (κ2) is 6.13. The number of pyridine rings is 1. The summed E-state index contributed by atoms with van der Waals surface area (Å²) < 4.78 is 0. The van der Waals surface area contributed by atoms with Crippen molar-refractivity contribution in [3.05, 3.63) is 66.0 Å². The highest BCUT2D eigenvalue weighted by atomic mass is 16.3. The summed E-state index contributed by atoms with van der Waals surface area (Å²) in [7, 11) is 0. The van der Waals surface area contributed by atoms with Gasteiger partial charge in [-0.15, -0.1) is 0 Å². The van der Waals surface area contributed by atoms with Crippen molar-refractivity contribution in [2.24, 2.45) is 0 Å². The predicted octanol–water partition coefficient (Wildman–Crippen LogP) is 1.90. The second-order valence-electron chi connectivity index (χ2n) is 3.91. The van der Waals surface area contributed by atoms with Crippen LogP contribution in [-0.2, 0) is 6.54 Å². The van der Waals surface area contributed by atoms with E-state index in [4.69, 9.17) is 0 Å². The van der Waals surface area contributed by atoms with Crippen LogP contribution < -0.4 is 5.32 Å². The maximum atomic E-state index is 9.92. The fourth-order valence-corrected chi connectivity index (χ4v) is 1.65. The van der Waals surface area contributed by atoms with Gasteiger partial charge in [0, 0.05) is 25.5 Å². The Morgan fingerprint density at radius 3 is 2.47 bits per heavy atom. The van der Waals surface area contributed by atoms with Crippen LogP contribution in [0.2, 0.25) is 0 Å². The van der Waals surface area contributed by atoms with E-state index in [1.807, 2.05) is 42.5 Å². The Kier molecular flexibility index (Phi) is 4.24. The number of rotatable bonds is 5. The number of hydrogen-bond donors (Lipinski definition) is 2. The lowest BCUT2D eigenvalue weighted by molar-refractivity contribution is 0.174. The Labute approximate surface area is 101 Å². The number of aliphatic hydroxyl groups excluding tert-OH is 1. The van der Waals surface area contributed by atoms with Gasteiger partial charge in [-0.25, -0.2) is 0 Å². The molecule has 0 amide bonds. The van der Waals surface area contributed by atoms with E-state index in [-0.39, 0.29) is 0 Å². The first-order valence-corrected chi connectivity index (χ1v) is 5.69. The molecule has 17 heavy (non-hydrogen) atoms. The van der Waals surface area contributed by atoms with Crippen molar-refractivity contribution < 1.29 is 5.11 Å². The minimum absolute atomic E-state index is 0.460. The summed E-state index contributed by atoms with van der Waals surface area (Å²) in [5.41, 5.74) is 2.11. The Morgan fingerprint density at radius 1 is 1.06 bits per heavy atom. The number of benzene rings is 1. The first-order chi connectivity index (χ1) is 8.36. The molecule has 3 heteroatoms. The van der Waals surface area contributed by atoms with E-state index < -0.39 is 6.10 Å². The van der Waals surface area contributed by atoms with E-state index in [2.05, 4.69) is 10.3 Å². The lowest BCUT2D eigenvalue weighted by atomic mass is 10.1. The molecule has 2 rings (SSSR count). The van der Waals surface area contributed by atoms with Crippen molar-refractivity contribution in [3.8, 4) is 0 Å². The molecule has 0 aliphatic rings. The fraction of sp³-hybridized carbons (Fsp3) is 0.214. The van der Waals surface area contributed by atoms with Crippen LogP contribution in [0.4, 0.5) is 0 Å². The average molecular weight is 228 g/mol. The Bertz CT molecular complexity index is 430. The third-order valence-corrected chi connectivity index (χ3v) is 2.60. The predicted molar refractivity (Wildman–Crippen MR) is 67.3 cm³/mol. The van der Waals surface area contributed by atoms with Crippen molar-refractivity contribution in [3.63, 3.8) is 0 Å². The molecule has 0 fully saturated rings. The van der Waals surface area contributed by atoms with Crippen molar-refractivity contribution in [2.45, 2.75) is 12.6 Å². The van der Waals surface area contributed by atoms with Gasteiger partial charge in [-0.1, -0.05) is 30.3 Å². The van der Waals surface area contributed by atoms with Gasteiger partial charge in [0.1, 0.15) is 0 Å². The molecule has 0 radical (unpaired) electrons. The number of aromatic nitrogens is 1. The van der Waals surface area contributed by atoms with E-state index in [9.17, 15) is 5.11 Å².